The van der Waals surface area contributed by atoms with Crippen LogP contribution in [-0.4, -0.2) is 29.0 Å². The Kier molecular flexibility index (Phi) is 6.75. The topological polar surface area (TPSA) is 96.0 Å². The SMILES string of the molecule is CNC(=O)Nc1ncc(C#Cc2cc(NC(=O)c3cc(C(F)(F)F)ccn3)ccc2C)s1. The molecule has 0 aliphatic rings. The van der Waals surface area contributed by atoms with Crippen LogP contribution in [0.15, 0.2) is 42.7 Å². The molecule has 0 bridgehead atoms. The van der Waals surface area contributed by atoms with Crippen LogP contribution in [0, 0.1) is 18.8 Å². The maximum atomic E-state index is 12.9. The Bertz CT molecular complexity index is 1230. The number of hydrogen-bond acceptors (Lipinski definition) is 5. The zero-order valence-corrected chi connectivity index (χ0v) is 17.6. The Morgan fingerprint density at radius 3 is 2.56 bits per heavy atom. The summed E-state index contributed by atoms with van der Waals surface area (Å²) in [6.45, 7) is 1.83. The van der Waals surface area contributed by atoms with Crippen molar-refractivity contribution in [2.75, 3.05) is 17.7 Å². The van der Waals surface area contributed by atoms with Crippen molar-refractivity contribution in [2.24, 2.45) is 0 Å². The fourth-order valence-electron chi connectivity index (χ4n) is 2.44. The predicted octanol–water partition coefficient (Wildman–Crippen LogP) is 4.27. The molecule has 3 rings (SSSR count). The van der Waals surface area contributed by atoms with E-state index in [0.717, 1.165) is 17.8 Å². The van der Waals surface area contributed by atoms with E-state index in [9.17, 15) is 22.8 Å². The summed E-state index contributed by atoms with van der Waals surface area (Å²) in [6, 6.07) is 6.05. The van der Waals surface area contributed by atoms with Crippen molar-refractivity contribution in [3.63, 3.8) is 0 Å². The van der Waals surface area contributed by atoms with Gasteiger partial charge in [0.1, 0.15) is 5.69 Å². The molecule has 0 spiro atoms. The van der Waals surface area contributed by atoms with Gasteiger partial charge in [-0.3, -0.25) is 15.1 Å². The molecule has 0 aliphatic heterocycles. The smallest absolute Gasteiger partial charge is 0.341 e. The molecule has 1 aromatic carbocycles. The summed E-state index contributed by atoms with van der Waals surface area (Å²) in [6.07, 6.45) is -2.12. The molecule has 0 fully saturated rings. The molecular weight excluding hydrogens is 443 g/mol. The molecule has 0 saturated carbocycles. The first-order valence-electron chi connectivity index (χ1n) is 9.07. The lowest BCUT2D eigenvalue weighted by Crippen LogP contribution is -2.24. The molecule has 7 nitrogen and oxygen atoms in total. The fraction of sp³-hybridized carbons (Fsp3) is 0.143. The first-order chi connectivity index (χ1) is 15.2. The lowest BCUT2D eigenvalue weighted by molar-refractivity contribution is -0.137. The van der Waals surface area contributed by atoms with Crippen LogP contribution in [0.2, 0.25) is 0 Å². The monoisotopic (exact) mass is 459 g/mol. The first-order valence-corrected chi connectivity index (χ1v) is 9.89. The number of hydrogen-bond donors (Lipinski definition) is 3. The van der Waals surface area contributed by atoms with Crippen LogP contribution >= 0.6 is 11.3 Å². The molecule has 3 N–H and O–H groups in total. The minimum Gasteiger partial charge on any atom is -0.341 e. The van der Waals surface area contributed by atoms with Crippen LogP contribution in [0.4, 0.5) is 28.8 Å². The first kappa shape index (κ1) is 22.8. The van der Waals surface area contributed by atoms with Crippen molar-refractivity contribution in [1.29, 1.82) is 0 Å². The van der Waals surface area contributed by atoms with Gasteiger partial charge in [0.25, 0.3) is 5.91 Å². The summed E-state index contributed by atoms with van der Waals surface area (Å²) >= 11 is 1.19. The van der Waals surface area contributed by atoms with Gasteiger partial charge in [-0.25, -0.2) is 9.78 Å². The molecule has 2 aromatic heterocycles. The van der Waals surface area contributed by atoms with E-state index in [2.05, 4.69) is 37.8 Å². The summed E-state index contributed by atoms with van der Waals surface area (Å²) in [7, 11) is 1.49. The lowest BCUT2D eigenvalue weighted by atomic mass is 10.1. The molecule has 0 atom stereocenters. The number of alkyl halides is 3. The Labute approximate surface area is 185 Å². The van der Waals surface area contributed by atoms with Crippen LogP contribution in [0.25, 0.3) is 0 Å². The Morgan fingerprint density at radius 1 is 1.06 bits per heavy atom. The van der Waals surface area contributed by atoms with Gasteiger partial charge in [-0.05, 0) is 42.7 Å². The second-order valence-corrected chi connectivity index (χ2v) is 7.43. The van der Waals surface area contributed by atoms with Gasteiger partial charge >= 0.3 is 12.2 Å². The minimum absolute atomic E-state index is 0.353. The molecule has 0 aliphatic carbocycles. The van der Waals surface area contributed by atoms with E-state index in [4.69, 9.17) is 0 Å². The van der Waals surface area contributed by atoms with Crippen molar-refractivity contribution < 1.29 is 22.8 Å². The normalized spacial score (nSPS) is 10.7. The number of nitrogens with zero attached hydrogens (tertiary/aromatic N) is 2. The number of urea groups is 1. The molecule has 3 aromatic rings. The number of carbonyl (C=O) groups excluding carboxylic acids is 2. The molecule has 164 valence electrons. The number of halogens is 3. The Balaban J connectivity index is 1.76. The number of amides is 3. The number of rotatable bonds is 3. The van der Waals surface area contributed by atoms with Crippen LogP contribution < -0.4 is 16.0 Å². The Morgan fingerprint density at radius 2 is 1.84 bits per heavy atom. The minimum atomic E-state index is -4.57. The highest BCUT2D eigenvalue weighted by molar-refractivity contribution is 7.16. The highest BCUT2D eigenvalue weighted by Gasteiger charge is 2.31. The molecule has 0 radical (unpaired) electrons. The molecule has 2 heterocycles. The fourth-order valence-corrected chi connectivity index (χ4v) is 3.10. The second-order valence-electron chi connectivity index (χ2n) is 6.40. The van der Waals surface area contributed by atoms with Crippen molar-refractivity contribution in [1.82, 2.24) is 15.3 Å². The van der Waals surface area contributed by atoms with Crippen LogP contribution in [-0.2, 0) is 6.18 Å². The highest BCUT2D eigenvalue weighted by atomic mass is 32.1. The third-order valence-electron chi connectivity index (χ3n) is 4.09. The third-order valence-corrected chi connectivity index (χ3v) is 4.92. The van der Waals surface area contributed by atoms with Gasteiger partial charge in [-0.15, -0.1) is 0 Å². The molecule has 32 heavy (non-hydrogen) atoms. The Hall–Kier alpha value is -3.91. The van der Waals surface area contributed by atoms with Crippen LogP contribution in [0.1, 0.15) is 32.1 Å². The van der Waals surface area contributed by atoms with Crippen molar-refractivity contribution in [2.45, 2.75) is 13.1 Å². The van der Waals surface area contributed by atoms with Crippen molar-refractivity contribution >= 4 is 34.1 Å². The molecule has 0 unspecified atom stereocenters. The van der Waals surface area contributed by atoms with E-state index in [1.165, 1.54) is 24.6 Å². The summed E-state index contributed by atoms with van der Waals surface area (Å²) in [5.41, 5.74) is 0.488. The van der Waals surface area contributed by atoms with Gasteiger partial charge in [0.2, 0.25) is 0 Å². The molecular formula is C21H16F3N5O2S. The molecule has 3 amide bonds. The van der Waals surface area contributed by atoms with Gasteiger partial charge < -0.3 is 10.6 Å². The van der Waals surface area contributed by atoms with E-state index in [-0.39, 0.29) is 5.69 Å². The highest BCUT2D eigenvalue weighted by Crippen LogP contribution is 2.29. The average molecular weight is 459 g/mol. The number of pyridine rings is 1. The summed E-state index contributed by atoms with van der Waals surface area (Å²) < 4.78 is 38.6. The van der Waals surface area contributed by atoms with Crippen molar-refractivity contribution in [3.8, 4) is 11.8 Å². The van der Waals surface area contributed by atoms with Gasteiger partial charge in [0.05, 0.1) is 16.6 Å². The number of aryl methyl sites for hydroxylation is 1. The van der Waals surface area contributed by atoms with E-state index in [0.29, 0.717) is 27.3 Å². The number of anilines is 2. The standard InChI is InChI=1S/C21H16F3N5O2S/c1-12-3-5-15(28-18(30)17-10-14(7-8-26-17)21(22,23)24)9-13(12)4-6-16-11-27-20(32-16)29-19(31)25-2/h3,5,7-11H,1-2H3,(H,28,30)(H2,25,27,29,31). The zero-order valence-electron chi connectivity index (χ0n) is 16.8. The zero-order chi connectivity index (χ0) is 23.3. The van der Waals surface area contributed by atoms with E-state index in [1.54, 1.807) is 18.2 Å². The van der Waals surface area contributed by atoms with Crippen molar-refractivity contribution in [3.05, 3.63) is 70.0 Å². The largest absolute Gasteiger partial charge is 0.416 e. The van der Waals surface area contributed by atoms with Gasteiger partial charge in [0.15, 0.2) is 5.13 Å². The number of benzene rings is 1. The quantitative estimate of drug-likeness (QED) is 0.510. The van der Waals surface area contributed by atoms with Gasteiger partial charge in [-0.2, -0.15) is 13.2 Å². The number of nitrogens with one attached hydrogen (secondary N) is 3. The van der Waals surface area contributed by atoms with Crippen LogP contribution in [0.3, 0.4) is 0 Å². The number of aromatic nitrogens is 2. The van der Waals surface area contributed by atoms with Gasteiger partial charge in [-0.1, -0.05) is 23.3 Å². The predicted molar refractivity (Wildman–Crippen MR) is 115 cm³/mol. The maximum absolute atomic E-state index is 12.9. The number of thiazole rings is 1. The van der Waals surface area contributed by atoms with E-state index >= 15 is 0 Å². The maximum Gasteiger partial charge on any atom is 0.416 e. The third kappa shape index (κ3) is 5.83. The second kappa shape index (κ2) is 9.49. The molecule has 0 saturated heterocycles. The number of carbonyl (C=O) groups is 2. The van der Waals surface area contributed by atoms with Gasteiger partial charge in [0, 0.05) is 24.5 Å². The summed E-state index contributed by atoms with van der Waals surface area (Å²) in [5.74, 6) is 5.13. The summed E-state index contributed by atoms with van der Waals surface area (Å²) in [4.78, 5) is 32.1. The van der Waals surface area contributed by atoms with Crippen LogP contribution in [0.5, 0.6) is 0 Å². The summed E-state index contributed by atoms with van der Waals surface area (Å²) in [5, 5.41) is 7.89. The average Bonchev–Trinajstić information content (AvgIpc) is 3.20. The lowest BCUT2D eigenvalue weighted by Gasteiger charge is -2.09. The molecule has 11 heteroatoms. The van der Waals surface area contributed by atoms with E-state index in [1.807, 2.05) is 6.92 Å². The van der Waals surface area contributed by atoms with E-state index < -0.39 is 23.7 Å².